The van der Waals surface area contributed by atoms with Crippen molar-refractivity contribution in [1.82, 2.24) is 9.78 Å². The number of carbonyl (C=O) groups excluding carboxylic acids is 2. The van der Waals surface area contributed by atoms with E-state index in [1.807, 2.05) is 32.0 Å². The first kappa shape index (κ1) is 24.7. The van der Waals surface area contributed by atoms with Gasteiger partial charge < -0.3 is 14.5 Å². The number of amides is 1. The standard InChI is InChI=1S/C30H24FN3O4/c1-18-6-7-19(2)25(17-18)34-30(38-20(3)35)27(28(33-34)22-8-12-23(31)13-9-22)21-10-14-24(15-11-21)32-29(36)26-5-4-16-37-26/h4-17H,1-3H3,(H,32,36). The molecule has 0 saturated carbocycles. The van der Waals surface area contributed by atoms with Crippen molar-refractivity contribution in [3.63, 3.8) is 0 Å². The van der Waals surface area contributed by atoms with Crippen LogP contribution in [0.4, 0.5) is 10.1 Å². The first-order valence-corrected chi connectivity index (χ1v) is 11.9. The third-order valence-electron chi connectivity index (χ3n) is 5.97. The Balaban J connectivity index is 1.66. The maximum Gasteiger partial charge on any atom is 0.309 e. The number of esters is 1. The van der Waals surface area contributed by atoms with Gasteiger partial charge in [-0.2, -0.15) is 9.78 Å². The van der Waals surface area contributed by atoms with Crippen LogP contribution in [0, 0.1) is 19.7 Å². The molecule has 0 aliphatic carbocycles. The summed E-state index contributed by atoms with van der Waals surface area (Å²) in [6, 6.07) is 22.2. The normalized spacial score (nSPS) is 10.8. The lowest BCUT2D eigenvalue weighted by Gasteiger charge is -2.12. The average Bonchev–Trinajstić information content (AvgIpc) is 3.55. The van der Waals surface area contributed by atoms with E-state index >= 15 is 0 Å². The number of carbonyl (C=O) groups is 2. The van der Waals surface area contributed by atoms with Gasteiger partial charge in [0.2, 0.25) is 5.88 Å². The Bertz CT molecular complexity index is 1620. The molecule has 7 nitrogen and oxygen atoms in total. The molecule has 0 aliphatic rings. The van der Waals surface area contributed by atoms with Crippen molar-refractivity contribution >= 4 is 17.6 Å². The number of ether oxygens (including phenoxy) is 1. The van der Waals surface area contributed by atoms with Gasteiger partial charge in [-0.05, 0) is 85.1 Å². The summed E-state index contributed by atoms with van der Waals surface area (Å²) < 4.78 is 26.3. The van der Waals surface area contributed by atoms with Gasteiger partial charge in [0.05, 0.1) is 17.5 Å². The van der Waals surface area contributed by atoms with E-state index in [2.05, 4.69) is 5.32 Å². The molecule has 38 heavy (non-hydrogen) atoms. The van der Waals surface area contributed by atoms with Gasteiger partial charge in [-0.15, -0.1) is 0 Å². The Labute approximate surface area is 218 Å². The van der Waals surface area contributed by atoms with E-state index < -0.39 is 5.97 Å². The van der Waals surface area contributed by atoms with E-state index in [4.69, 9.17) is 14.3 Å². The van der Waals surface area contributed by atoms with Gasteiger partial charge in [0.15, 0.2) is 5.76 Å². The molecule has 0 unspecified atom stereocenters. The van der Waals surface area contributed by atoms with Crippen molar-refractivity contribution < 1.29 is 23.1 Å². The van der Waals surface area contributed by atoms with Crippen molar-refractivity contribution in [2.45, 2.75) is 20.8 Å². The van der Waals surface area contributed by atoms with Gasteiger partial charge in [0.25, 0.3) is 5.91 Å². The SMILES string of the molecule is CC(=O)Oc1c(-c2ccc(NC(=O)c3ccco3)cc2)c(-c2ccc(F)cc2)nn1-c1cc(C)ccc1C. The number of anilines is 1. The van der Waals surface area contributed by atoms with Crippen molar-refractivity contribution in [3.05, 3.63) is 108 Å². The molecule has 0 radical (unpaired) electrons. The maximum atomic E-state index is 13.8. The number of aryl methyl sites for hydroxylation is 2. The fourth-order valence-corrected chi connectivity index (χ4v) is 4.13. The van der Waals surface area contributed by atoms with Crippen molar-refractivity contribution in [3.8, 4) is 34.0 Å². The monoisotopic (exact) mass is 509 g/mol. The van der Waals surface area contributed by atoms with Crippen LogP contribution >= 0.6 is 0 Å². The number of furan rings is 1. The second kappa shape index (κ2) is 10.2. The minimum atomic E-state index is -0.509. The summed E-state index contributed by atoms with van der Waals surface area (Å²) in [6.07, 6.45) is 1.43. The molecule has 0 aliphatic heterocycles. The van der Waals surface area contributed by atoms with Crippen LogP contribution in [0.1, 0.15) is 28.6 Å². The lowest BCUT2D eigenvalue weighted by Crippen LogP contribution is -2.10. The third-order valence-corrected chi connectivity index (χ3v) is 5.97. The van der Waals surface area contributed by atoms with Crippen LogP contribution < -0.4 is 10.1 Å². The Hall–Kier alpha value is -4.98. The Morgan fingerprint density at radius 1 is 0.947 bits per heavy atom. The average molecular weight is 510 g/mol. The molecule has 1 amide bonds. The van der Waals surface area contributed by atoms with Crippen LogP contribution in [0.15, 0.2) is 89.5 Å². The number of rotatable bonds is 6. The molecule has 5 rings (SSSR count). The zero-order valence-corrected chi connectivity index (χ0v) is 21.0. The van der Waals surface area contributed by atoms with E-state index in [9.17, 15) is 14.0 Å². The zero-order valence-electron chi connectivity index (χ0n) is 21.0. The first-order valence-electron chi connectivity index (χ1n) is 11.9. The molecule has 2 aromatic heterocycles. The van der Waals surface area contributed by atoms with Gasteiger partial charge in [-0.25, -0.2) is 4.39 Å². The summed E-state index contributed by atoms with van der Waals surface area (Å²) in [4.78, 5) is 24.6. The lowest BCUT2D eigenvalue weighted by molar-refractivity contribution is -0.132. The van der Waals surface area contributed by atoms with Gasteiger partial charge in [-0.3, -0.25) is 9.59 Å². The predicted octanol–water partition coefficient (Wildman–Crippen LogP) is 6.73. The van der Waals surface area contributed by atoms with E-state index in [1.165, 1.54) is 25.3 Å². The topological polar surface area (TPSA) is 86.4 Å². The quantitative estimate of drug-likeness (QED) is 0.256. The number of halogens is 1. The number of hydrogen-bond acceptors (Lipinski definition) is 5. The molecule has 8 heteroatoms. The maximum absolute atomic E-state index is 13.8. The summed E-state index contributed by atoms with van der Waals surface area (Å²) >= 11 is 0. The Kier molecular flexibility index (Phi) is 6.62. The second-order valence-electron chi connectivity index (χ2n) is 8.84. The highest BCUT2D eigenvalue weighted by molar-refractivity contribution is 6.02. The second-order valence-corrected chi connectivity index (χ2v) is 8.84. The summed E-state index contributed by atoms with van der Waals surface area (Å²) in [7, 11) is 0. The number of benzene rings is 3. The van der Waals surface area contributed by atoms with E-state index in [0.29, 0.717) is 28.1 Å². The summed E-state index contributed by atoms with van der Waals surface area (Å²) in [5.74, 6) is -0.831. The van der Waals surface area contributed by atoms with E-state index in [-0.39, 0.29) is 23.4 Å². The molecule has 190 valence electrons. The number of aromatic nitrogens is 2. The molecule has 0 fully saturated rings. The predicted molar refractivity (Wildman–Crippen MR) is 142 cm³/mol. The molecular weight excluding hydrogens is 485 g/mol. The van der Waals surface area contributed by atoms with Crippen molar-refractivity contribution in [2.24, 2.45) is 0 Å². The number of nitrogens with zero attached hydrogens (tertiary/aromatic N) is 2. The summed E-state index contributed by atoms with van der Waals surface area (Å²) in [5.41, 5.74) is 5.64. The Morgan fingerprint density at radius 2 is 1.66 bits per heavy atom. The highest BCUT2D eigenvalue weighted by atomic mass is 19.1. The third kappa shape index (κ3) is 4.97. The molecule has 5 aromatic rings. The molecule has 2 heterocycles. The number of hydrogen-bond donors (Lipinski definition) is 1. The van der Waals surface area contributed by atoms with Gasteiger partial charge in [0, 0.05) is 18.2 Å². The largest absolute Gasteiger partial charge is 0.459 e. The minimum Gasteiger partial charge on any atom is -0.459 e. The molecule has 0 bridgehead atoms. The van der Waals surface area contributed by atoms with Crippen molar-refractivity contribution in [2.75, 3.05) is 5.32 Å². The fraction of sp³-hybridized carbons (Fsp3) is 0.100. The van der Waals surface area contributed by atoms with Crippen LogP contribution in [0.5, 0.6) is 5.88 Å². The molecule has 0 saturated heterocycles. The molecule has 0 spiro atoms. The molecule has 1 N–H and O–H groups in total. The van der Waals surface area contributed by atoms with Gasteiger partial charge >= 0.3 is 5.97 Å². The van der Waals surface area contributed by atoms with E-state index in [1.54, 1.807) is 53.2 Å². The van der Waals surface area contributed by atoms with Crippen LogP contribution in [0.25, 0.3) is 28.1 Å². The van der Waals surface area contributed by atoms with Crippen molar-refractivity contribution in [1.29, 1.82) is 0 Å². The highest BCUT2D eigenvalue weighted by Crippen LogP contribution is 2.41. The fourth-order valence-electron chi connectivity index (χ4n) is 4.13. The van der Waals surface area contributed by atoms with Crippen LogP contribution in [0.3, 0.4) is 0 Å². The Morgan fingerprint density at radius 3 is 2.32 bits per heavy atom. The van der Waals surface area contributed by atoms with Crippen LogP contribution in [-0.2, 0) is 4.79 Å². The summed E-state index contributed by atoms with van der Waals surface area (Å²) in [5, 5.41) is 7.64. The highest BCUT2D eigenvalue weighted by Gasteiger charge is 2.25. The lowest BCUT2D eigenvalue weighted by atomic mass is 10.0. The van der Waals surface area contributed by atoms with Crippen LogP contribution in [-0.4, -0.2) is 21.7 Å². The summed E-state index contributed by atoms with van der Waals surface area (Å²) in [6.45, 7) is 5.24. The molecular formula is C30H24FN3O4. The number of nitrogens with one attached hydrogen (secondary N) is 1. The first-order chi connectivity index (χ1) is 18.3. The smallest absolute Gasteiger partial charge is 0.309 e. The van der Waals surface area contributed by atoms with Gasteiger partial charge in [0.1, 0.15) is 11.5 Å². The van der Waals surface area contributed by atoms with Gasteiger partial charge in [-0.1, -0.05) is 24.3 Å². The zero-order chi connectivity index (χ0) is 26.8. The van der Waals surface area contributed by atoms with E-state index in [0.717, 1.165) is 16.8 Å². The van der Waals surface area contributed by atoms with Crippen LogP contribution in [0.2, 0.25) is 0 Å². The molecule has 3 aromatic carbocycles. The minimum absolute atomic E-state index is 0.194. The molecule has 0 atom stereocenters.